The third-order valence-corrected chi connectivity index (χ3v) is 4.66. The molecule has 0 radical (unpaired) electrons. The summed E-state index contributed by atoms with van der Waals surface area (Å²) in [6.45, 7) is 4.74. The van der Waals surface area contributed by atoms with Gasteiger partial charge in [0, 0.05) is 18.7 Å². The first-order chi connectivity index (χ1) is 10.7. The zero-order chi connectivity index (χ0) is 15.1. The molecule has 1 aromatic heterocycles. The third-order valence-electron chi connectivity index (χ3n) is 4.66. The topological polar surface area (TPSA) is 74.6 Å². The molecule has 0 aliphatic carbocycles. The number of non-ortho nitro benzene ring substituents is 1. The summed E-state index contributed by atoms with van der Waals surface area (Å²) < 4.78 is 7.91. The number of quaternary nitrogens is 1. The summed E-state index contributed by atoms with van der Waals surface area (Å²) in [5.41, 5.74) is 1.82. The standard InChI is InChI=1S/C15H18N4O3/c20-19(21)11-3-4-14-13(8-11)16-15-10-17(5-6-18(14)15)9-12-2-1-7-22-12/h3-4,8,12H,1-2,5-7,9-10H2/p+1/t12-/m0/s1. The van der Waals surface area contributed by atoms with Gasteiger partial charge < -0.3 is 14.2 Å². The predicted octanol–water partition coefficient (Wildman–Crippen LogP) is 0.522. The smallest absolute Gasteiger partial charge is 0.271 e. The molecule has 1 aromatic carbocycles. The number of imidazole rings is 1. The number of rotatable bonds is 3. The fourth-order valence-electron chi connectivity index (χ4n) is 3.55. The molecule has 2 aliphatic rings. The Morgan fingerprint density at radius 3 is 3.18 bits per heavy atom. The molecule has 116 valence electrons. The molecule has 0 amide bonds. The van der Waals surface area contributed by atoms with Gasteiger partial charge in [0.1, 0.15) is 19.2 Å². The molecular weight excluding hydrogens is 284 g/mol. The summed E-state index contributed by atoms with van der Waals surface area (Å²) in [7, 11) is 0. The average molecular weight is 303 g/mol. The number of nitrogens with zero attached hydrogens (tertiary/aromatic N) is 3. The lowest BCUT2D eigenvalue weighted by Gasteiger charge is -2.26. The van der Waals surface area contributed by atoms with Crippen molar-refractivity contribution in [3.8, 4) is 0 Å². The van der Waals surface area contributed by atoms with Gasteiger partial charge in [-0.25, -0.2) is 4.98 Å². The Morgan fingerprint density at radius 1 is 1.50 bits per heavy atom. The quantitative estimate of drug-likeness (QED) is 0.663. The van der Waals surface area contributed by atoms with Gasteiger partial charge in [0.05, 0.1) is 29.0 Å². The minimum absolute atomic E-state index is 0.103. The van der Waals surface area contributed by atoms with E-state index in [0.717, 1.165) is 56.1 Å². The zero-order valence-electron chi connectivity index (χ0n) is 12.3. The van der Waals surface area contributed by atoms with Crippen molar-refractivity contribution in [3.05, 3.63) is 34.1 Å². The number of nitro groups is 1. The van der Waals surface area contributed by atoms with Crippen molar-refractivity contribution < 1.29 is 14.6 Å². The zero-order valence-corrected chi connectivity index (χ0v) is 12.3. The largest absolute Gasteiger partial charge is 0.372 e. The van der Waals surface area contributed by atoms with Gasteiger partial charge in [0.25, 0.3) is 5.69 Å². The minimum atomic E-state index is -0.368. The van der Waals surface area contributed by atoms with E-state index in [1.807, 2.05) is 6.07 Å². The van der Waals surface area contributed by atoms with Gasteiger partial charge >= 0.3 is 0 Å². The van der Waals surface area contributed by atoms with Crippen LogP contribution in [-0.4, -0.2) is 40.3 Å². The predicted molar refractivity (Wildman–Crippen MR) is 79.8 cm³/mol. The molecule has 2 atom stereocenters. The molecule has 3 heterocycles. The Balaban J connectivity index is 1.58. The van der Waals surface area contributed by atoms with Crippen LogP contribution in [0.5, 0.6) is 0 Å². The van der Waals surface area contributed by atoms with Gasteiger partial charge in [-0.3, -0.25) is 10.1 Å². The summed E-state index contributed by atoms with van der Waals surface area (Å²) in [5, 5.41) is 10.9. The Labute approximate surface area is 127 Å². The molecule has 1 unspecified atom stereocenters. The second-order valence-corrected chi connectivity index (χ2v) is 6.13. The van der Waals surface area contributed by atoms with Crippen molar-refractivity contribution in [1.82, 2.24) is 9.55 Å². The Kier molecular flexibility index (Phi) is 3.31. The van der Waals surface area contributed by atoms with Crippen LogP contribution in [0.25, 0.3) is 11.0 Å². The number of ether oxygens (including phenoxy) is 1. The van der Waals surface area contributed by atoms with Gasteiger partial charge in [0.2, 0.25) is 0 Å². The van der Waals surface area contributed by atoms with Crippen molar-refractivity contribution in [2.75, 3.05) is 19.7 Å². The lowest BCUT2D eigenvalue weighted by Crippen LogP contribution is -3.13. The summed E-state index contributed by atoms with van der Waals surface area (Å²) in [4.78, 5) is 16.6. The second kappa shape index (κ2) is 5.33. The van der Waals surface area contributed by atoms with Crippen LogP contribution in [0.3, 0.4) is 0 Å². The molecule has 2 aliphatic heterocycles. The number of fused-ring (bicyclic) bond motifs is 3. The molecule has 0 spiro atoms. The number of nitrogens with one attached hydrogen (secondary N) is 1. The van der Waals surface area contributed by atoms with E-state index in [4.69, 9.17) is 4.74 Å². The monoisotopic (exact) mass is 303 g/mol. The van der Waals surface area contributed by atoms with Crippen molar-refractivity contribution >= 4 is 16.7 Å². The first-order valence-corrected chi connectivity index (χ1v) is 7.79. The first kappa shape index (κ1) is 13.7. The second-order valence-electron chi connectivity index (χ2n) is 6.13. The van der Waals surface area contributed by atoms with Crippen molar-refractivity contribution in [3.63, 3.8) is 0 Å². The van der Waals surface area contributed by atoms with Crippen LogP contribution in [-0.2, 0) is 17.8 Å². The molecule has 1 N–H and O–H groups in total. The van der Waals surface area contributed by atoms with E-state index in [2.05, 4.69) is 9.55 Å². The molecule has 0 bridgehead atoms. The Morgan fingerprint density at radius 2 is 2.41 bits per heavy atom. The Bertz CT molecular complexity index is 721. The van der Waals surface area contributed by atoms with E-state index in [9.17, 15) is 10.1 Å². The molecule has 2 aromatic rings. The van der Waals surface area contributed by atoms with Gasteiger partial charge in [0.15, 0.2) is 5.82 Å². The summed E-state index contributed by atoms with van der Waals surface area (Å²) in [5.74, 6) is 1.02. The first-order valence-electron chi connectivity index (χ1n) is 7.79. The van der Waals surface area contributed by atoms with E-state index in [0.29, 0.717) is 6.10 Å². The number of aromatic nitrogens is 2. The Hall–Kier alpha value is -1.99. The fraction of sp³-hybridized carbons (Fsp3) is 0.533. The maximum Gasteiger partial charge on any atom is 0.271 e. The third kappa shape index (κ3) is 2.36. The summed E-state index contributed by atoms with van der Waals surface area (Å²) in [6.07, 6.45) is 2.71. The van der Waals surface area contributed by atoms with Gasteiger partial charge in [-0.2, -0.15) is 0 Å². The van der Waals surface area contributed by atoms with E-state index < -0.39 is 0 Å². The lowest BCUT2D eigenvalue weighted by molar-refractivity contribution is -0.921. The molecule has 0 saturated carbocycles. The van der Waals surface area contributed by atoms with Crippen molar-refractivity contribution in [1.29, 1.82) is 0 Å². The van der Waals surface area contributed by atoms with E-state index >= 15 is 0 Å². The van der Waals surface area contributed by atoms with Crippen LogP contribution >= 0.6 is 0 Å². The molecule has 7 nitrogen and oxygen atoms in total. The number of benzene rings is 1. The van der Waals surface area contributed by atoms with Crippen molar-refractivity contribution in [2.24, 2.45) is 0 Å². The maximum absolute atomic E-state index is 10.9. The normalized spacial score (nSPS) is 24.5. The molecule has 1 saturated heterocycles. The van der Waals surface area contributed by atoms with E-state index in [1.54, 1.807) is 12.1 Å². The van der Waals surface area contributed by atoms with Gasteiger partial charge in [-0.1, -0.05) is 0 Å². The van der Waals surface area contributed by atoms with Crippen LogP contribution in [0.4, 0.5) is 5.69 Å². The van der Waals surface area contributed by atoms with Crippen LogP contribution in [0.15, 0.2) is 18.2 Å². The molecule has 7 heteroatoms. The average Bonchev–Trinajstić information content (AvgIpc) is 3.13. The lowest BCUT2D eigenvalue weighted by atomic mass is 10.2. The molecule has 22 heavy (non-hydrogen) atoms. The van der Waals surface area contributed by atoms with Crippen LogP contribution in [0, 0.1) is 10.1 Å². The highest BCUT2D eigenvalue weighted by molar-refractivity contribution is 5.78. The SMILES string of the molecule is O=[N+]([O-])c1ccc2c(c1)nc1n2CC[NH+](C[C@@H]2CCCO2)C1. The van der Waals surface area contributed by atoms with E-state index in [-0.39, 0.29) is 10.6 Å². The highest BCUT2D eigenvalue weighted by Crippen LogP contribution is 2.22. The van der Waals surface area contributed by atoms with Crippen LogP contribution in [0.2, 0.25) is 0 Å². The van der Waals surface area contributed by atoms with Crippen LogP contribution < -0.4 is 4.90 Å². The fourth-order valence-corrected chi connectivity index (χ4v) is 3.55. The van der Waals surface area contributed by atoms with Crippen molar-refractivity contribution in [2.45, 2.75) is 32.0 Å². The minimum Gasteiger partial charge on any atom is -0.372 e. The van der Waals surface area contributed by atoms with Crippen LogP contribution in [0.1, 0.15) is 18.7 Å². The maximum atomic E-state index is 10.9. The number of hydrogen-bond donors (Lipinski definition) is 1. The summed E-state index contributed by atoms with van der Waals surface area (Å²) in [6, 6.07) is 4.94. The molecule has 1 fully saturated rings. The highest BCUT2D eigenvalue weighted by atomic mass is 16.6. The molecule has 4 rings (SSSR count). The van der Waals surface area contributed by atoms with Gasteiger partial charge in [-0.05, 0) is 18.9 Å². The number of nitro benzene ring substituents is 1. The van der Waals surface area contributed by atoms with Gasteiger partial charge in [-0.15, -0.1) is 0 Å². The highest BCUT2D eigenvalue weighted by Gasteiger charge is 2.27. The molecular formula is C15H19N4O3+. The summed E-state index contributed by atoms with van der Waals surface area (Å²) >= 11 is 0. The number of hydrogen-bond acceptors (Lipinski definition) is 4. The van der Waals surface area contributed by atoms with E-state index in [1.165, 1.54) is 11.3 Å².